The third-order valence-corrected chi connectivity index (χ3v) is 6.45. The Morgan fingerprint density at radius 3 is 2.97 bits per heavy atom. The molecule has 4 heterocycles. The minimum absolute atomic E-state index is 0.212. The molecule has 0 spiro atoms. The number of nitrogens with zero attached hydrogens (tertiary/aromatic N) is 5. The largest absolute Gasteiger partial charge is 0.378 e. The normalized spacial score (nSPS) is 17.0. The molecule has 0 amide bonds. The van der Waals surface area contributed by atoms with Crippen LogP contribution < -0.4 is 5.32 Å². The van der Waals surface area contributed by atoms with Crippen LogP contribution in [-0.4, -0.2) is 50.9 Å². The first-order valence-electron chi connectivity index (χ1n) is 10.5. The predicted octanol–water partition coefficient (Wildman–Crippen LogP) is 3.82. The van der Waals surface area contributed by atoms with Gasteiger partial charge >= 0.3 is 0 Å². The molecule has 4 rings (SSSR count). The smallest absolute Gasteiger partial charge is 0.103 e. The third kappa shape index (κ3) is 4.24. The van der Waals surface area contributed by atoms with Gasteiger partial charge in [0.05, 0.1) is 42.2 Å². The number of rotatable bonds is 7. The van der Waals surface area contributed by atoms with Gasteiger partial charge in [-0.3, -0.25) is 4.68 Å². The summed E-state index contributed by atoms with van der Waals surface area (Å²) in [6.45, 7) is 8.92. The van der Waals surface area contributed by atoms with Crippen molar-refractivity contribution in [3.8, 4) is 17.2 Å². The van der Waals surface area contributed by atoms with Crippen LogP contribution in [0.2, 0.25) is 0 Å². The standard InChI is InChI=1S/C22H28N6OS/c1-15(2)29-7-8-30-21-9-17(14-27-22(21)18(10-23)11-25-27)20-13-26-28(16(20)3)19-5-4-6-24-12-19/h9,11,13-15,19,24H,4-8,12H2,1-3H3/t19-/m1/s1. The maximum Gasteiger partial charge on any atom is 0.103 e. The average Bonchev–Trinajstić information content (AvgIpc) is 3.34. The lowest BCUT2D eigenvalue weighted by molar-refractivity contribution is 0.0920. The summed E-state index contributed by atoms with van der Waals surface area (Å²) in [5.74, 6) is 0.819. The van der Waals surface area contributed by atoms with E-state index in [-0.39, 0.29) is 6.10 Å². The summed E-state index contributed by atoms with van der Waals surface area (Å²) in [5, 5.41) is 22.1. The number of nitrogens with one attached hydrogen (secondary N) is 1. The molecular weight excluding hydrogens is 396 g/mol. The van der Waals surface area contributed by atoms with Crippen molar-refractivity contribution < 1.29 is 4.74 Å². The molecule has 3 aromatic rings. The monoisotopic (exact) mass is 424 g/mol. The van der Waals surface area contributed by atoms with E-state index in [1.165, 1.54) is 6.42 Å². The first-order valence-corrected chi connectivity index (χ1v) is 11.5. The lowest BCUT2D eigenvalue weighted by Gasteiger charge is -2.24. The molecule has 1 atom stereocenters. The predicted molar refractivity (Wildman–Crippen MR) is 119 cm³/mol. The average molecular weight is 425 g/mol. The first kappa shape index (κ1) is 20.9. The van der Waals surface area contributed by atoms with Crippen LogP contribution in [0.5, 0.6) is 0 Å². The van der Waals surface area contributed by atoms with Crippen molar-refractivity contribution in [3.63, 3.8) is 0 Å². The quantitative estimate of drug-likeness (QED) is 0.459. The second-order valence-electron chi connectivity index (χ2n) is 7.91. The minimum Gasteiger partial charge on any atom is -0.378 e. The van der Waals surface area contributed by atoms with E-state index in [2.05, 4.69) is 34.2 Å². The van der Waals surface area contributed by atoms with Crippen LogP contribution in [0.1, 0.15) is 44.0 Å². The van der Waals surface area contributed by atoms with Crippen LogP contribution in [0.4, 0.5) is 0 Å². The number of ether oxygens (including phenoxy) is 1. The van der Waals surface area contributed by atoms with E-state index in [0.29, 0.717) is 18.2 Å². The Balaban J connectivity index is 1.68. The van der Waals surface area contributed by atoms with Gasteiger partial charge in [0.25, 0.3) is 0 Å². The van der Waals surface area contributed by atoms with E-state index in [0.717, 1.165) is 52.5 Å². The van der Waals surface area contributed by atoms with Crippen LogP contribution >= 0.6 is 11.8 Å². The molecule has 0 aliphatic carbocycles. The maximum absolute atomic E-state index is 9.51. The molecule has 0 radical (unpaired) electrons. The van der Waals surface area contributed by atoms with Crippen LogP contribution in [-0.2, 0) is 4.74 Å². The zero-order valence-electron chi connectivity index (χ0n) is 17.8. The molecule has 3 aromatic heterocycles. The van der Waals surface area contributed by atoms with E-state index in [4.69, 9.17) is 9.84 Å². The highest BCUT2D eigenvalue weighted by atomic mass is 32.2. The van der Waals surface area contributed by atoms with Crippen molar-refractivity contribution in [1.29, 1.82) is 5.26 Å². The number of pyridine rings is 1. The van der Waals surface area contributed by atoms with Gasteiger partial charge in [0.1, 0.15) is 6.07 Å². The molecule has 8 heteroatoms. The molecule has 0 saturated carbocycles. The van der Waals surface area contributed by atoms with E-state index < -0.39 is 0 Å². The van der Waals surface area contributed by atoms with Gasteiger partial charge in [0.2, 0.25) is 0 Å². The second kappa shape index (κ2) is 9.21. The van der Waals surface area contributed by atoms with Crippen LogP contribution in [0.25, 0.3) is 16.6 Å². The Labute approximate surface area is 181 Å². The lowest BCUT2D eigenvalue weighted by atomic mass is 10.1. The summed E-state index contributed by atoms with van der Waals surface area (Å²) in [7, 11) is 0. The Morgan fingerprint density at radius 1 is 1.37 bits per heavy atom. The SMILES string of the molecule is Cc1c(-c2cc(SCCOC(C)C)c3c(C#N)cnn3c2)cnn1[C@@H]1CCCNC1. The topological polar surface area (TPSA) is 80.2 Å². The van der Waals surface area contributed by atoms with Crippen molar-refractivity contribution in [1.82, 2.24) is 24.7 Å². The second-order valence-corrected chi connectivity index (χ2v) is 9.05. The fourth-order valence-electron chi connectivity index (χ4n) is 3.98. The maximum atomic E-state index is 9.51. The van der Waals surface area contributed by atoms with E-state index in [1.54, 1.807) is 18.0 Å². The number of aromatic nitrogens is 4. The number of thioether (sulfide) groups is 1. The molecule has 30 heavy (non-hydrogen) atoms. The molecule has 1 saturated heterocycles. The highest BCUT2D eigenvalue weighted by Crippen LogP contribution is 2.33. The van der Waals surface area contributed by atoms with Crippen molar-refractivity contribution in [3.05, 3.63) is 35.9 Å². The van der Waals surface area contributed by atoms with Crippen molar-refractivity contribution in [2.45, 2.75) is 50.7 Å². The molecule has 1 N–H and O–H groups in total. The zero-order chi connectivity index (χ0) is 21.1. The van der Waals surface area contributed by atoms with Crippen LogP contribution in [0.3, 0.4) is 0 Å². The summed E-state index contributed by atoms with van der Waals surface area (Å²) >= 11 is 1.70. The molecule has 1 aliphatic heterocycles. The van der Waals surface area contributed by atoms with Crippen LogP contribution in [0.15, 0.2) is 29.6 Å². The van der Waals surface area contributed by atoms with Gasteiger partial charge in [-0.1, -0.05) is 0 Å². The molecule has 158 valence electrons. The van der Waals surface area contributed by atoms with Gasteiger partial charge < -0.3 is 10.1 Å². The summed E-state index contributed by atoms with van der Waals surface area (Å²) in [4.78, 5) is 1.04. The van der Waals surface area contributed by atoms with Gasteiger partial charge in [-0.05, 0) is 46.2 Å². The number of piperidine rings is 1. The molecule has 1 fully saturated rings. The summed E-state index contributed by atoms with van der Waals surface area (Å²) in [6, 6.07) is 4.82. The van der Waals surface area contributed by atoms with Gasteiger partial charge in [0, 0.05) is 40.2 Å². The lowest BCUT2D eigenvalue weighted by Crippen LogP contribution is -2.32. The molecule has 1 aliphatic rings. The van der Waals surface area contributed by atoms with Gasteiger partial charge in [-0.2, -0.15) is 15.5 Å². The van der Waals surface area contributed by atoms with Crippen molar-refractivity contribution in [2.75, 3.05) is 25.4 Å². The fraction of sp³-hybridized carbons (Fsp3) is 0.500. The Bertz CT molecular complexity index is 1060. The van der Waals surface area contributed by atoms with Crippen LogP contribution in [0, 0.1) is 18.3 Å². The Hall–Kier alpha value is -2.34. The van der Waals surface area contributed by atoms with Gasteiger partial charge in [0.15, 0.2) is 0 Å². The van der Waals surface area contributed by atoms with Crippen molar-refractivity contribution in [2.24, 2.45) is 0 Å². The van der Waals surface area contributed by atoms with E-state index in [1.807, 2.05) is 30.8 Å². The summed E-state index contributed by atoms with van der Waals surface area (Å²) in [5.41, 5.74) is 4.79. The first-order chi connectivity index (χ1) is 14.6. The highest BCUT2D eigenvalue weighted by Gasteiger charge is 2.20. The third-order valence-electron chi connectivity index (χ3n) is 5.46. The highest BCUT2D eigenvalue weighted by molar-refractivity contribution is 7.99. The van der Waals surface area contributed by atoms with Gasteiger partial charge in [-0.25, -0.2) is 4.52 Å². The molecule has 0 unspecified atom stereocenters. The Kier molecular flexibility index (Phi) is 6.42. The fourth-order valence-corrected chi connectivity index (χ4v) is 4.93. The van der Waals surface area contributed by atoms with E-state index in [9.17, 15) is 5.26 Å². The number of nitriles is 1. The molecule has 0 bridgehead atoms. The molecule has 7 nitrogen and oxygen atoms in total. The van der Waals surface area contributed by atoms with E-state index >= 15 is 0 Å². The number of hydrogen-bond donors (Lipinski definition) is 1. The number of hydrogen-bond acceptors (Lipinski definition) is 6. The summed E-state index contributed by atoms with van der Waals surface area (Å²) < 4.78 is 9.66. The Morgan fingerprint density at radius 2 is 2.23 bits per heavy atom. The molecular formula is C22H28N6OS. The molecule has 0 aromatic carbocycles. The van der Waals surface area contributed by atoms with Crippen molar-refractivity contribution >= 4 is 17.3 Å². The summed E-state index contributed by atoms with van der Waals surface area (Å²) in [6.07, 6.45) is 8.13. The van der Waals surface area contributed by atoms with Gasteiger partial charge in [-0.15, -0.1) is 11.8 Å². The minimum atomic E-state index is 0.212. The zero-order valence-corrected chi connectivity index (χ0v) is 18.6. The number of fused-ring (bicyclic) bond motifs is 1.